The summed E-state index contributed by atoms with van der Waals surface area (Å²) in [6.45, 7) is 3.66. The molecule has 0 aliphatic heterocycles. The molecular weight excluding hydrogens is 358 g/mol. The molecule has 1 heterocycles. The van der Waals surface area contributed by atoms with Gasteiger partial charge < -0.3 is 4.42 Å². The van der Waals surface area contributed by atoms with Crippen LogP contribution in [0.15, 0.2) is 76.0 Å². The zero-order chi connectivity index (χ0) is 19.4. The Morgan fingerprint density at radius 2 is 1.67 bits per heavy atom. The predicted octanol–water partition coefficient (Wildman–Crippen LogP) is 4.31. The van der Waals surface area contributed by atoms with E-state index in [-0.39, 0.29) is 11.4 Å². The molecule has 3 aromatic rings. The lowest BCUT2D eigenvalue weighted by Crippen LogP contribution is -2.35. The molecule has 1 unspecified atom stereocenters. The van der Waals surface area contributed by atoms with Crippen LogP contribution in [0.2, 0.25) is 0 Å². The van der Waals surface area contributed by atoms with Crippen molar-refractivity contribution in [3.05, 3.63) is 89.4 Å². The quantitative estimate of drug-likeness (QED) is 0.600. The first-order valence-corrected chi connectivity index (χ1v) is 10.0. The molecule has 1 atom stereocenters. The van der Waals surface area contributed by atoms with E-state index in [2.05, 4.69) is 5.92 Å². The maximum Gasteiger partial charge on any atom is 0.244 e. The maximum atomic E-state index is 13.4. The molecule has 0 radical (unpaired) electrons. The summed E-state index contributed by atoms with van der Waals surface area (Å²) in [4.78, 5) is 0.201. The van der Waals surface area contributed by atoms with E-state index >= 15 is 0 Å². The first kappa shape index (κ1) is 19.0. The fourth-order valence-electron chi connectivity index (χ4n) is 2.96. The zero-order valence-electron chi connectivity index (χ0n) is 15.3. The molecule has 27 heavy (non-hydrogen) atoms. The maximum absolute atomic E-state index is 13.4. The Balaban J connectivity index is 2.16. The number of sulfonamides is 1. The van der Waals surface area contributed by atoms with Crippen LogP contribution < -0.4 is 0 Å². The summed E-state index contributed by atoms with van der Waals surface area (Å²) in [5.74, 6) is 3.73. The van der Waals surface area contributed by atoms with Crippen molar-refractivity contribution in [1.82, 2.24) is 4.31 Å². The number of rotatable bonds is 6. The molecule has 138 valence electrons. The van der Waals surface area contributed by atoms with E-state index in [0.29, 0.717) is 11.5 Å². The third kappa shape index (κ3) is 3.97. The van der Waals surface area contributed by atoms with Gasteiger partial charge in [-0.1, -0.05) is 53.9 Å². The van der Waals surface area contributed by atoms with Gasteiger partial charge in [-0.25, -0.2) is 8.42 Å². The van der Waals surface area contributed by atoms with Crippen LogP contribution in [0.5, 0.6) is 0 Å². The summed E-state index contributed by atoms with van der Waals surface area (Å²) in [7, 11) is -3.84. The number of nitrogens with zero attached hydrogens (tertiary/aromatic N) is 1. The highest BCUT2D eigenvalue weighted by atomic mass is 32.2. The minimum atomic E-state index is -3.84. The van der Waals surface area contributed by atoms with Gasteiger partial charge in [-0.05, 0) is 43.7 Å². The molecule has 1 aromatic heterocycles. The molecule has 4 nitrogen and oxygen atoms in total. The van der Waals surface area contributed by atoms with Gasteiger partial charge >= 0.3 is 0 Å². The average Bonchev–Trinajstić information content (AvgIpc) is 3.08. The molecule has 3 rings (SSSR count). The van der Waals surface area contributed by atoms with Gasteiger partial charge in [-0.2, -0.15) is 4.31 Å². The molecule has 2 aromatic carbocycles. The predicted molar refractivity (Wildman–Crippen MR) is 106 cm³/mol. The van der Waals surface area contributed by atoms with Crippen LogP contribution in [0.4, 0.5) is 0 Å². The van der Waals surface area contributed by atoms with E-state index in [0.717, 1.165) is 11.1 Å². The third-order valence-corrected chi connectivity index (χ3v) is 6.13. The summed E-state index contributed by atoms with van der Waals surface area (Å²) < 4.78 is 33.9. The van der Waals surface area contributed by atoms with Crippen molar-refractivity contribution >= 4 is 10.0 Å². The lowest BCUT2D eigenvalue weighted by atomic mass is 10.0. The highest BCUT2D eigenvalue weighted by molar-refractivity contribution is 7.89. The monoisotopic (exact) mass is 379 g/mol. The molecule has 0 aliphatic carbocycles. The molecule has 0 saturated carbocycles. The van der Waals surface area contributed by atoms with Gasteiger partial charge in [0, 0.05) is 0 Å². The molecule has 0 amide bonds. The Hall–Kier alpha value is -2.81. The van der Waals surface area contributed by atoms with Crippen LogP contribution in [0.25, 0.3) is 0 Å². The molecule has 5 heteroatoms. The summed E-state index contributed by atoms with van der Waals surface area (Å²) in [5, 5.41) is 0. The van der Waals surface area contributed by atoms with Crippen LogP contribution in [-0.4, -0.2) is 19.3 Å². The summed E-state index contributed by atoms with van der Waals surface area (Å²) in [5.41, 5.74) is 1.77. The second kappa shape index (κ2) is 7.83. The van der Waals surface area contributed by atoms with Crippen molar-refractivity contribution in [2.45, 2.75) is 24.8 Å². The fourth-order valence-corrected chi connectivity index (χ4v) is 4.46. The van der Waals surface area contributed by atoms with Crippen LogP contribution in [-0.2, 0) is 10.0 Å². The van der Waals surface area contributed by atoms with Crippen molar-refractivity contribution in [1.29, 1.82) is 0 Å². The summed E-state index contributed by atoms with van der Waals surface area (Å²) >= 11 is 0. The zero-order valence-corrected chi connectivity index (χ0v) is 16.1. The van der Waals surface area contributed by atoms with Gasteiger partial charge in [0.1, 0.15) is 17.6 Å². The van der Waals surface area contributed by atoms with Crippen molar-refractivity contribution in [3.8, 4) is 12.3 Å². The normalized spacial score (nSPS) is 12.7. The minimum Gasteiger partial charge on any atom is -0.464 e. The molecule has 0 N–H and O–H groups in total. The van der Waals surface area contributed by atoms with E-state index in [1.807, 2.05) is 50.2 Å². The van der Waals surface area contributed by atoms with Gasteiger partial charge in [0.05, 0.1) is 11.4 Å². The van der Waals surface area contributed by atoms with E-state index in [4.69, 9.17) is 10.8 Å². The van der Waals surface area contributed by atoms with Gasteiger partial charge in [0.25, 0.3) is 0 Å². The van der Waals surface area contributed by atoms with E-state index < -0.39 is 16.1 Å². The van der Waals surface area contributed by atoms with Crippen LogP contribution in [0, 0.1) is 26.2 Å². The molecule has 0 bridgehead atoms. The van der Waals surface area contributed by atoms with Crippen LogP contribution in [0.1, 0.15) is 28.7 Å². The Bertz CT molecular complexity index is 1040. The lowest BCUT2D eigenvalue weighted by Gasteiger charge is -2.28. The molecule has 0 spiro atoms. The largest absolute Gasteiger partial charge is 0.464 e. The fraction of sp³-hybridized carbons (Fsp3) is 0.182. The number of terminal acetylenes is 1. The van der Waals surface area contributed by atoms with Crippen molar-refractivity contribution in [2.75, 3.05) is 6.54 Å². The topological polar surface area (TPSA) is 50.5 Å². The van der Waals surface area contributed by atoms with Crippen molar-refractivity contribution in [3.63, 3.8) is 0 Å². The number of hydrogen-bond donors (Lipinski definition) is 0. The second-order valence-corrected chi connectivity index (χ2v) is 8.22. The molecule has 0 aliphatic rings. The van der Waals surface area contributed by atoms with Crippen molar-refractivity contribution < 1.29 is 12.8 Å². The highest BCUT2D eigenvalue weighted by Gasteiger charge is 2.34. The first-order chi connectivity index (χ1) is 12.9. The Kier molecular flexibility index (Phi) is 5.50. The SMILES string of the molecule is C#CCN(C(c1ccccc1)c1ccc(C)o1)S(=O)(=O)c1ccc(C)cc1. The van der Waals surface area contributed by atoms with E-state index in [9.17, 15) is 8.42 Å². The van der Waals surface area contributed by atoms with Gasteiger partial charge in [0.15, 0.2) is 0 Å². The number of benzene rings is 2. The lowest BCUT2D eigenvalue weighted by molar-refractivity contribution is 0.335. The average molecular weight is 379 g/mol. The van der Waals surface area contributed by atoms with Gasteiger partial charge in [0.2, 0.25) is 10.0 Å². The first-order valence-electron chi connectivity index (χ1n) is 8.57. The number of hydrogen-bond acceptors (Lipinski definition) is 3. The van der Waals surface area contributed by atoms with Crippen molar-refractivity contribution in [2.24, 2.45) is 0 Å². The summed E-state index contributed by atoms with van der Waals surface area (Å²) in [6.07, 6.45) is 5.54. The molecule has 0 saturated heterocycles. The highest BCUT2D eigenvalue weighted by Crippen LogP contribution is 2.34. The smallest absolute Gasteiger partial charge is 0.244 e. The summed E-state index contributed by atoms with van der Waals surface area (Å²) in [6, 6.07) is 19.1. The third-order valence-electron chi connectivity index (χ3n) is 4.31. The number of furan rings is 1. The Morgan fingerprint density at radius 3 is 2.22 bits per heavy atom. The number of aryl methyl sites for hydroxylation is 2. The standard InChI is InChI=1S/C22H21NO3S/c1-4-16-23(27(24,25)20-13-10-17(2)11-14-20)22(19-8-6-5-7-9-19)21-15-12-18(3)26-21/h1,5-15,22H,16H2,2-3H3. The second-order valence-electron chi connectivity index (χ2n) is 6.33. The minimum absolute atomic E-state index is 0.0739. The van der Waals surface area contributed by atoms with Crippen LogP contribution in [0.3, 0.4) is 0 Å². The van der Waals surface area contributed by atoms with Gasteiger partial charge in [-0.3, -0.25) is 0 Å². The van der Waals surface area contributed by atoms with E-state index in [1.54, 1.807) is 30.3 Å². The Labute approximate surface area is 160 Å². The molecular formula is C22H21NO3S. The van der Waals surface area contributed by atoms with Crippen LogP contribution >= 0.6 is 0 Å². The van der Waals surface area contributed by atoms with E-state index in [1.165, 1.54) is 4.31 Å². The van der Waals surface area contributed by atoms with Gasteiger partial charge in [-0.15, -0.1) is 6.42 Å². The Morgan fingerprint density at radius 1 is 1.00 bits per heavy atom. The molecule has 0 fully saturated rings.